The molecule has 1 aromatic heterocycles. The Balaban J connectivity index is 1.85. The van der Waals surface area contributed by atoms with Crippen molar-refractivity contribution in [1.29, 1.82) is 0 Å². The minimum absolute atomic E-state index is 0.719. The van der Waals surface area contributed by atoms with Crippen LogP contribution in [0.3, 0.4) is 0 Å². The number of para-hydroxylation sites is 1. The van der Waals surface area contributed by atoms with Gasteiger partial charge in [-0.2, -0.15) is 5.10 Å². The van der Waals surface area contributed by atoms with Gasteiger partial charge >= 0.3 is 0 Å². The smallest absolute Gasteiger partial charge is 0.119 e. The number of hydrogen-bond acceptors (Lipinski definition) is 3. The van der Waals surface area contributed by atoms with E-state index in [1.807, 2.05) is 43.6 Å². The lowest BCUT2D eigenvalue weighted by Crippen LogP contribution is -2.11. The largest absolute Gasteiger partial charge is 0.494 e. The average molecular weight is 287 g/mol. The average Bonchev–Trinajstić information content (AvgIpc) is 2.88. The molecule has 4 heteroatoms. The number of nitrogens with zero attached hydrogens (tertiary/aromatic N) is 2. The highest BCUT2D eigenvalue weighted by Gasteiger charge is 2.09. The number of aryl methyl sites for hydroxylation is 1. The second-order valence-electron chi connectivity index (χ2n) is 5.14. The first-order chi connectivity index (χ1) is 10.3. The Hall–Kier alpha value is -1.81. The third-order valence-electron chi connectivity index (χ3n) is 3.42. The minimum atomic E-state index is 0.719. The van der Waals surface area contributed by atoms with Crippen molar-refractivity contribution >= 4 is 0 Å². The van der Waals surface area contributed by atoms with Gasteiger partial charge in [-0.05, 0) is 25.6 Å². The third-order valence-corrected chi connectivity index (χ3v) is 3.42. The molecule has 1 heterocycles. The minimum Gasteiger partial charge on any atom is -0.494 e. The second kappa shape index (κ2) is 8.47. The normalized spacial score (nSPS) is 10.8. The highest BCUT2D eigenvalue weighted by atomic mass is 16.5. The quantitative estimate of drug-likeness (QED) is 0.721. The van der Waals surface area contributed by atoms with Crippen molar-refractivity contribution in [1.82, 2.24) is 15.1 Å². The summed E-state index contributed by atoms with van der Waals surface area (Å²) in [5.74, 6) is 0.933. The Kier molecular flexibility index (Phi) is 6.28. The number of nitrogens with one attached hydrogen (secondary N) is 1. The summed E-state index contributed by atoms with van der Waals surface area (Å²) in [5.41, 5.74) is 2.66. The number of benzene rings is 1. The van der Waals surface area contributed by atoms with E-state index in [2.05, 4.69) is 22.0 Å². The summed E-state index contributed by atoms with van der Waals surface area (Å²) in [6.07, 6.45) is 5.17. The van der Waals surface area contributed by atoms with E-state index in [0.717, 1.165) is 44.7 Å². The monoisotopic (exact) mass is 287 g/mol. The van der Waals surface area contributed by atoms with E-state index in [4.69, 9.17) is 4.74 Å². The number of rotatable bonds is 9. The summed E-state index contributed by atoms with van der Waals surface area (Å²) in [4.78, 5) is 0. The van der Waals surface area contributed by atoms with Crippen molar-refractivity contribution in [2.24, 2.45) is 0 Å². The Morgan fingerprint density at radius 2 is 2.05 bits per heavy atom. The SMILES string of the molecule is CCCc1c(CNC)cnn1CCCOc1ccccc1. The summed E-state index contributed by atoms with van der Waals surface area (Å²) in [7, 11) is 1.97. The van der Waals surface area contributed by atoms with E-state index in [0.29, 0.717) is 0 Å². The van der Waals surface area contributed by atoms with Crippen LogP contribution in [-0.2, 0) is 19.5 Å². The van der Waals surface area contributed by atoms with E-state index in [1.54, 1.807) is 0 Å². The van der Waals surface area contributed by atoms with E-state index < -0.39 is 0 Å². The van der Waals surface area contributed by atoms with Crippen LogP contribution >= 0.6 is 0 Å². The van der Waals surface area contributed by atoms with E-state index in [1.165, 1.54) is 11.3 Å². The van der Waals surface area contributed by atoms with E-state index >= 15 is 0 Å². The lowest BCUT2D eigenvalue weighted by molar-refractivity contribution is 0.297. The molecular weight excluding hydrogens is 262 g/mol. The molecule has 0 spiro atoms. The van der Waals surface area contributed by atoms with Crippen LogP contribution in [0.15, 0.2) is 36.5 Å². The second-order valence-corrected chi connectivity index (χ2v) is 5.14. The molecule has 0 aliphatic rings. The molecule has 2 aromatic rings. The van der Waals surface area contributed by atoms with E-state index in [9.17, 15) is 0 Å². The van der Waals surface area contributed by atoms with Gasteiger partial charge in [0.15, 0.2) is 0 Å². The lowest BCUT2D eigenvalue weighted by atomic mass is 10.1. The fourth-order valence-corrected chi connectivity index (χ4v) is 2.43. The van der Waals surface area contributed by atoms with Gasteiger partial charge in [0.2, 0.25) is 0 Å². The van der Waals surface area contributed by atoms with E-state index in [-0.39, 0.29) is 0 Å². The molecular formula is C17H25N3O. The number of ether oxygens (including phenoxy) is 1. The summed E-state index contributed by atoms with van der Waals surface area (Å²) in [6.45, 7) is 4.72. The van der Waals surface area contributed by atoms with Gasteiger partial charge in [0.05, 0.1) is 12.8 Å². The first-order valence-electron chi connectivity index (χ1n) is 7.71. The molecule has 0 saturated heterocycles. The van der Waals surface area contributed by atoms with Crippen LogP contribution in [0.2, 0.25) is 0 Å². The molecule has 1 aromatic carbocycles. The molecule has 114 valence electrons. The molecule has 0 bridgehead atoms. The molecule has 0 amide bonds. The molecule has 1 N–H and O–H groups in total. The van der Waals surface area contributed by atoms with Crippen molar-refractivity contribution in [2.75, 3.05) is 13.7 Å². The maximum absolute atomic E-state index is 5.73. The molecule has 0 fully saturated rings. The van der Waals surface area contributed by atoms with Crippen molar-refractivity contribution < 1.29 is 4.74 Å². The zero-order chi connectivity index (χ0) is 14.9. The maximum atomic E-state index is 5.73. The number of aromatic nitrogens is 2. The Labute approximate surface area is 127 Å². The van der Waals surface area contributed by atoms with Gasteiger partial charge in [0.1, 0.15) is 5.75 Å². The summed E-state index contributed by atoms with van der Waals surface area (Å²) in [5, 5.41) is 7.73. The van der Waals surface area contributed by atoms with Gasteiger partial charge in [-0.25, -0.2) is 0 Å². The summed E-state index contributed by atoms with van der Waals surface area (Å²) >= 11 is 0. The van der Waals surface area contributed by atoms with Gasteiger partial charge in [0.25, 0.3) is 0 Å². The van der Waals surface area contributed by atoms with Crippen LogP contribution in [0.5, 0.6) is 5.75 Å². The van der Waals surface area contributed by atoms with Gasteiger partial charge < -0.3 is 10.1 Å². The van der Waals surface area contributed by atoms with Crippen molar-refractivity contribution in [3.05, 3.63) is 47.8 Å². The first kappa shape index (κ1) is 15.6. The predicted molar refractivity (Wildman–Crippen MR) is 85.5 cm³/mol. The Bertz CT molecular complexity index is 522. The van der Waals surface area contributed by atoms with Crippen molar-refractivity contribution in [3.63, 3.8) is 0 Å². The van der Waals surface area contributed by atoms with Crippen LogP contribution in [0.1, 0.15) is 31.0 Å². The lowest BCUT2D eigenvalue weighted by Gasteiger charge is -2.10. The Morgan fingerprint density at radius 1 is 1.24 bits per heavy atom. The van der Waals surface area contributed by atoms with Gasteiger partial charge in [-0.1, -0.05) is 31.5 Å². The molecule has 0 saturated carbocycles. The molecule has 21 heavy (non-hydrogen) atoms. The van der Waals surface area contributed by atoms with Gasteiger partial charge in [-0.15, -0.1) is 0 Å². The third kappa shape index (κ3) is 4.60. The standard InChI is InChI=1S/C17H25N3O/c1-3-8-17-15(13-18-2)14-19-20(17)11-7-12-21-16-9-5-4-6-10-16/h4-6,9-10,14,18H,3,7-8,11-13H2,1-2H3. The molecule has 0 radical (unpaired) electrons. The van der Waals surface area contributed by atoms with Crippen molar-refractivity contribution in [3.8, 4) is 5.75 Å². The zero-order valence-corrected chi connectivity index (χ0v) is 13.0. The maximum Gasteiger partial charge on any atom is 0.119 e. The van der Waals surface area contributed by atoms with Crippen LogP contribution in [0.25, 0.3) is 0 Å². The highest BCUT2D eigenvalue weighted by Crippen LogP contribution is 2.13. The van der Waals surface area contributed by atoms with Crippen LogP contribution in [0.4, 0.5) is 0 Å². The first-order valence-corrected chi connectivity index (χ1v) is 7.71. The molecule has 0 aliphatic carbocycles. The molecule has 0 atom stereocenters. The fraction of sp³-hybridized carbons (Fsp3) is 0.471. The molecule has 0 aliphatic heterocycles. The molecule has 4 nitrogen and oxygen atoms in total. The fourth-order valence-electron chi connectivity index (χ4n) is 2.43. The highest BCUT2D eigenvalue weighted by molar-refractivity contribution is 5.21. The van der Waals surface area contributed by atoms with Crippen LogP contribution < -0.4 is 10.1 Å². The molecule has 2 rings (SSSR count). The van der Waals surface area contributed by atoms with Gasteiger partial charge in [-0.3, -0.25) is 4.68 Å². The van der Waals surface area contributed by atoms with Crippen LogP contribution in [0, 0.1) is 0 Å². The molecule has 0 unspecified atom stereocenters. The number of hydrogen-bond donors (Lipinski definition) is 1. The summed E-state index contributed by atoms with van der Waals surface area (Å²) in [6, 6.07) is 9.96. The topological polar surface area (TPSA) is 39.1 Å². The zero-order valence-electron chi connectivity index (χ0n) is 13.0. The van der Waals surface area contributed by atoms with Crippen LogP contribution in [-0.4, -0.2) is 23.4 Å². The van der Waals surface area contributed by atoms with Gasteiger partial charge in [0, 0.05) is 30.8 Å². The van der Waals surface area contributed by atoms with Crippen molar-refractivity contribution in [2.45, 2.75) is 39.3 Å². The summed E-state index contributed by atoms with van der Waals surface area (Å²) < 4.78 is 7.86. The predicted octanol–water partition coefficient (Wildman–Crippen LogP) is 3.02. The Morgan fingerprint density at radius 3 is 2.76 bits per heavy atom.